The van der Waals surface area contributed by atoms with Gasteiger partial charge in [-0.15, -0.1) is 11.3 Å². The molecule has 0 fully saturated rings. The van der Waals surface area contributed by atoms with Gasteiger partial charge in [0.05, 0.1) is 11.4 Å². The number of aromatic nitrogens is 1. The highest BCUT2D eigenvalue weighted by molar-refractivity contribution is 7.13. The molecule has 1 aromatic carbocycles. The number of carbonyl (C=O) groups is 1. The van der Waals surface area contributed by atoms with E-state index in [-0.39, 0.29) is 5.91 Å². The summed E-state index contributed by atoms with van der Waals surface area (Å²) in [6.45, 7) is 0.361. The number of hydrogen-bond donors (Lipinski definition) is 2. The normalized spacial score (nSPS) is 11.0. The molecule has 0 spiro atoms. The maximum absolute atomic E-state index is 12.2. The van der Waals surface area contributed by atoms with E-state index in [0.29, 0.717) is 12.2 Å². The third-order valence-electron chi connectivity index (χ3n) is 3.62. The number of carbonyl (C=O) groups excluding carboxylic acids is 1. The van der Waals surface area contributed by atoms with Crippen molar-refractivity contribution in [3.8, 4) is 10.6 Å². The third kappa shape index (κ3) is 2.78. The Kier molecular flexibility index (Phi) is 3.48. The van der Waals surface area contributed by atoms with E-state index in [4.69, 9.17) is 4.42 Å². The predicted molar refractivity (Wildman–Crippen MR) is 91.5 cm³/mol. The van der Waals surface area contributed by atoms with Gasteiger partial charge in [-0.1, -0.05) is 24.3 Å². The number of para-hydroxylation sites is 1. The summed E-state index contributed by atoms with van der Waals surface area (Å²) in [6.07, 6.45) is 0. The summed E-state index contributed by atoms with van der Waals surface area (Å²) < 4.78 is 5.76. The van der Waals surface area contributed by atoms with E-state index in [1.165, 1.54) is 0 Å². The van der Waals surface area contributed by atoms with E-state index in [1.807, 2.05) is 60.0 Å². The molecule has 0 aliphatic rings. The topological polar surface area (TPSA) is 58.0 Å². The molecule has 0 atom stereocenters. The number of furan rings is 1. The molecular formula is C18H14N2O2S. The summed E-state index contributed by atoms with van der Waals surface area (Å²) >= 11 is 1.63. The lowest BCUT2D eigenvalue weighted by Gasteiger charge is -2.01. The second-order valence-electron chi connectivity index (χ2n) is 5.20. The fourth-order valence-electron chi connectivity index (χ4n) is 2.48. The first-order valence-electron chi connectivity index (χ1n) is 7.28. The van der Waals surface area contributed by atoms with Crippen LogP contribution in [0.3, 0.4) is 0 Å². The van der Waals surface area contributed by atoms with E-state index in [1.54, 1.807) is 11.3 Å². The lowest BCUT2D eigenvalue weighted by atomic mass is 10.2. The number of thiophene rings is 1. The number of nitrogens with one attached hydrogen (secondary N) is 2. The molecule has 3 aromatic heterocycles. The van der Waals surface area contributed by atoms with Crippen LogP contribution in [-0.2, 0) is 6.54 Å². The van der Waals surface area contributed by atoms with Gasteiger partial charge in [0.15, 0.2) is 0 Å². The van der Waals surface area contributed by atoms with Gasteiger partial charge in [0, 0.05) is 10.9 Å². The largest absolute Gasteiger partial charge is 0.458 e. The second kappa shape index (κ2) is 5.78. The van der Waals surface area contributed by atoms with E-state index >= 15 is 0 Å². The molecule has 5 heteroatoms. The molecule has 0 unspecified atom stereocenters. The Hall–Kier alpha value is -2.79. The molecule has 0 saturated heterocycles. The molecule has 4 nitrogen and oxygen atoms in total. The lowest BCUT2D eigenvalue weighted by molar-refractivity contribution is 0.0944. The van der Waals surface area contributed by atoms with Gasteiger partial charge in [0.1, 0.15) is 17.2 Å². The quantitative estimate of drug-likeness (QED) is 0.584. The molecule has 2 N–H and O–H groups in total. The molecule has 0 aliphatic carbocycles. The van der Waals surface area contributed by atoms with Gasteiger partial charge < -0.3 is 14.7 Å². The number of aromatic amines is 1. The number of hydrogen-bond acceptors (Lipinski definition) is 3. The predicted octanol–water partition coefficient (Wildman–Crippen LogP) is 4.42. The second-order valence-corrected chi connectivity index (χ2v) is 6.14. The fraction of sp³-hybridized carbons (Fsp3) is 0.0556. The summed E-state index contributed by atoms with van der Waals surface area (Å²) in [5.41, 5.74) is 1.51. The van der Waals surface area contributed by atoms with Gasteiger partial charge in [-0.3, -0.25) is 4.79 Å². The highest BCUT2D eigenvalue weighted by atomic mass is 32.1. The molecule has 0 radical (unpaired) electrons. The van der Waals surface area contributed by atoms with E-state index in [2.05, 4.69) is 10.3 Å². The SMILES string of the molecule is O=C(NCc1ccc(-c2cccs2)o1)c1cc2ccccc2[nH]1. The minimum Gasteiger partial charge on any atom is -0.458 e. The zero-order chi connectivity index (χ0) is 15.6. The van der Waals surface area contributed by atoms with Gasteiger partial charge in [-0.05, 0) is 35.7 Å². The van der Waals surface area contributed by atoms with Crippen LogP contribution in [0.4, 0.5) is 0 Å². The molecule has 23 heavy (non-hydrogen) atoms. The van der Waals surface area contributed by atoms with Crippen molar-refractivity contribution in [1.29, 1.82) is 0 Å². The van der Waals surface area contributed by atoms with E-state index in [0.717, 1.165) is 27.3 Å². The van der Waals surface area contributed by atoms with Crippen molar-refractivity contribution < 1.29 is 9.21 Å². The Balaban J connectivity index is 1.45. The first-order chi connectivity index (χ1) is 11.3. The number of rotatable bonds is 4. The van der Waals surface area contributed by atoms with Crippen molar-refractivity contribution in [3.05, 3.63) is 71.4 Å². The highest BCUT2D eigenvalue weighted by Gasteiger charge is 2.11. The van der Waals surface area contributed by atoms with Crippen LogP contribution in [0.2, 0.25) is 0 Å². The van der Waals surface area contributed by atoms with Crippen molar-refractivity contribution in [2.24, 2.45) is 0 Å². The summed E-state index contributed by atoms with van der Waals surface area (Å²) in [6, 6.07) is 17.5. The molecule has 0 aliphatic heterocycles. The molecule has 114 valence electrons. The molecule has 4 aromatic rings. The highest BCUT2D eigenvalue weighted by Crippen LogP contribution is 2.26. The summed E-state index contributed by atoms with van der Waals surface area (Å²) in [5.74, 6) is 1.42. The standard InChI is InChI=1S/C18H14N2O2S/c21-18(15-10-12-4-1-2-5-14(12)20-15)19-11-13-7-8-16(22-13)17-6-3-9-23-17/h1-10,20H,11H2,(H,19,21). The number of benzene rings is 1. The average molecular weight is 322 g/mol. The summed E-state index contributed by atoms with van der Waals surface area (Å²) in [5, 5.41) is 5.91. The van der Waals surface area contributed by atoms with E-state index < -0.39 is 0 Å². The summed E-state index contributed by atoms with van der Waals surface area (Å²) in [7, 11) is 0. The van der Waals surface area contributed by atoms with Crippen LogP contribution < -0.4 is 5.32 Å². The Morgan fingerprint density at radius 1 is 1.13 bits per heavy atom. The van der Waals surface area contributed by atoms with E-state index in [9.17, 15) is 4.79 Å². The maximum atomic E-state index is 12.2. The zero-order valence-corrected chi connectivity index (χ0v) is 13.0. The molecule has 1 amide bonds. The fourth-order valence-corrected chi connectivity index (χ4v) is 3.17. The van der Waals surface area contributed by atoms with Crippen molar-refractivity contribution in [1.82, 2.24) is 10.3 Å². The van der Waals surface area contributed by atoms with Crippen LogP contribution in [0, 0.1) is 0 Å². The van der Waals surface area contributed by atoms with Crippen LogP contribution in [-0.4, -0.2) is 10.9 Å². The van der Waals surface area contributed by atoms with Crippen LogP contribution in [0.15, 0.2) is 64.4 Å². The zero-order valence-electron chi connectivity index (χ0n) is 12.2. The van der Waals surface area contributed by atoms with Crippen LogP contribution in [0.1, 0.15) is 16.2 Å². The van der Waals surface area contributed by atoms with Crippen molar-refractivity contribution in [2.45, 2.75) is 6.54 Å². The average Bonchev–Trinajstić information content (AvgIpc) is 3.31. The van der Waals surface area contributed by atoms with Gasteiger partial charge in [-0.25, -0.2) is 0 Å². The monoisotopic (exact) mass is 322 g/mol. The molecule has 0 saturated carbocycles. The molecule has 4 rings (SSSR count). The Bertz CT molecular complexity index is 917. The van der Waals surface area contributed by atoms with Gasteiger partial charge >= 0.3 is 0 Å². The molecular weight excluding hydrogens is 308 g/mol. The Labute approximate surface area is 136 Å². The summed E-state index contributed by atoms with van der Waals surface area (Å²) in [4.78, 5) is 16.4. The first-order valence-corrected chi connectivity index (χ1v) is 8.16. The van der Waals surface area contributed by atoms with Crippen LogP contribution in [0.5, 0.6) is 0 Å². The minimum absolute atomic E-state index is 0.143. The smallest absolute Gasteiger partial charge is 0.268 e. The maximum Gasteiger partial charge on any atom is 0.268 e. The van der Waals surface area contributed by atoms with Crippen LogP contribution >= 0.6 is 11.3 Å². The van der Waals surface area contributed by atoms with Gasteiger partial charge in [-0.2, -0.15) is 0 Å². The Morgan fingerprint density at radius 2 is 2.04 bits per heavy atom. The van der Waals surface area contributed by atoms with Crippen molar-refractivity contribution in [2.75, 3.05) is 0 Å². The number of fused-ring (bicyclic) bond motifs is 1. The van der Waals surface area contributed by atoms with Crippen molar-refractivity contribution in [3.63, 3.8) is 0 Å². The van der Waals surface area contributed by atoms with Crippen molar-refractivity contribution >= 4 is 28.1 Å². The van der Waals surface area contributed by atoms with Gasteiger partial charge in [0.25, 0.3) is 5.91 Å². The first kappa shape index (κ1) is 13.8. The van der Waals surface area contributed by atoms with Gasteiger partial charge in [0.2, 0.25) is 0 Å². The Morgan fingerprint density at radius 3 is 2.87 bits per heavy atom. The lowest BCUT2D eigenvalue weighted by Crippen LogP contribution is -2.22. The molecule has 0 bridgehead atoms. The minimum atomic E-state index is -0.143. The van der Waals surface area contributed by atoms with Crippen LogP contribution in [0.25, 0.3) is 21.5 Å². The number of amides is 1. The number of H-pyrrole nitrogens is 1. The molecule has 3 heterocycles. The third-order valence-corrected chi connectivity index (χ3v) is 4.51.